The van der Waals surface area contributed by atoms with Crippen LogP contribution in [0.2, 0.25) is 0 Å². The summed E-state index contributed by atoms with van der Waals surface area (Å²) >= 11 is 2.00. The SMILES string of the molecule is Cc1ccc(S(=O)(=O)N2C/C(=C\I)[S@](=O)c3ccccc32)cc1. The Kier molecular flexibility index (Phi) is 4.61. The molecule has 4 nitrogen and oxygen atoms in total. The number of para-hydroxylation sites is 1. The first kappa shape index (κ1) is 16.7. The van der Waals surface area contributed by atoms with Crippen LogP contribution >= 0.6 is 22.6 Å². The Morgan fingerprint density at radius 2 is 1.78 bits per heavy atom. The fourth-order valence-corrected chi connectivity index (χ4v) is 6.04. The van der Waals surface area contributed by atoms with E-state index in [9.17, 15) is 12.6 Å². The number of rotatable bonds is 2. The maximum Gasteiger partial charge on any atom is 0.264 e. The topological polar surface area (TPSA) is 54.5 Å². The van der Waals surface area contributed by atoms with E-state index in [-0.39, 0.29) is 11.4 Å². The molecule has 0 N–H and O–H groups in total. The van der Waals surface area contributed by atoms with Gasteiger partial charge in [-0.15, -0.1) is 0 Å². The van der Waals surface area contributed by atoms with Crippen LogP contribution in [0.5, 0.6) is 0 Å². The third-order valence-electron chi connectivity index (χ3n) is 3.60. The van der Waals surface area contributed by atoms with Crippen LogP contribution < -0.4 is 4.31 Å². The molecule has 0 fully saturated rings. The minimum atomic E-state index is -3.70. The Bertz CT molecular complexity index is 905. The molecule has 1 heterocycles. The average molecular weight is 459 g/mol. The van der Waals surface area contributed by atoms with E-state index in [2.05, 4.69) is 0 Å². The summed E-state index contributed by atoms with van der Waals surface area (Å²) in [6.07, 6.45) is 0. The van der Waals surface area contributed by atoms with E-state index in [1.165, 1.54) is 4.31 Å². The molecule has 0 aliphatic carbocycles. The molecule has 7 heteroatoms. The van der Waals surface area contributed by atoms with Gasteiger partial charge in [0.25, 0.3) is 10.0 Å². The zero-order chi connectivity index (χ0) is 16.6. The van der Waals surface area contributed by atoms with Crippen molar-refractivity contribution in [2.45, 2.75) is 16.7 Å². The van der Waals surface area contributed by atoms with E-state index in [0.717, 1.165) is 5.56 Å². The first-order valence-electron chi connectivity index (χ1n) is 6.84. The van der Waals surface area contributed by atoms with Crippen molar-refractivity contribution in [1.29, 1.82) is 0 Å². The predicted molar refractivity (Wildman–Crippen MR) is 101 cm³/mol. The van der Waals surface area contributed by atoms with Crippen LogP contribution in [0.25, 0.3) is 0 Å². The van der Waals surface area contributed by atoms with Gasteiger partial charge in [-0.2, -0.15) is 0 Å². The van der Waals surface area contributed by atoms with Crippen molar-refractivity contribution >= 4 is 49.1 Å². The molecular formula is C16H14INO3S2. The number of hydrogen-bond acceptors (Lipinski definition) is 3. The highest BCUT2D eigenvalue weighted by molar-refractivity contribution is 14.1. The number of sulfonamides is 1. The first-order valence-corrected chi connectivity index (χ1v) is 10.7. The Hall–Kier alpha value is -1.19. The van der Waals surface area contributed by atoms with E-state index in [4.69, 9.17) is 0 Å². The van der Waals surface area contributed by atoms with Crippen LogP contribution in [0.4, 0.5) is 5.69 Å². The Morgan fingerprint density at radius 1 is 1.13 bits per heavy atom. The van der Waals surface area contributed by atoms with Gasteiger partial charge in [0, 0.05) is 4.91 Å². The molecule has 0 spiro atoms. The number of aryl methyl sites for hydroxylation is 1. The highest BCUT2D eigenvalue weighted by Crippen LogP contribution is 2.36. The smallest absolute Gasteiger partial charge is 0.260 e. The molecule has 2 aromatic carbocycles. The maximum atomic E-state index is 13.0. The van der Waals surface area contributed by atoms with Crippen LogP contribution in [0, 0.1) is 6.92 Å². The monoisotopic (exact) mass is 459 g/mol. The second kappa shape index (κ2) is 6.37. The lowest BCUT2D eigenvalue weighted by atomic mass is 10.2. The zero-order valence-corrected chi connectivity index (χ0v) is 16.1. The quantitative estimate of drug-likeness (QED) is 0.646. The molecule has 1 aliphatic heterocycles. The highest BCUT2D eigenvalue weighted by atomic mass is 127. The van der Waals surface area contributed by atoms with Crippen molar-refractivity contribution < 1.29 is 12.6 Å². The normalized spacial score (nSPS) is 19.7. The second-order valence-corrected chi connectivity index (χ2v) is 9.12. The molecule has 0 aromatic heterocycles. The van der Waals surface area contributed by atoms with Crippen LogP contribution in [-0.2, 0) is 20.8 Å². The molecular weight excluding hydrogens is 445 g/mol. The third-order valence-corrected chi connectivity index (χ3v) is 8.02. The van der Waals surface area contributed by atoms with Crippen LogP contribution in [-0.4, -0.2) is 19.2 Å². The zero-order valence-electron chi connectivity index (χ0n) is 12.3. The molecule has 0 radical (unpaired) electrons. The summed E-state index contributed by atoms with van der Waals surface area (Å²) in [6.45, 7) is 2.01. The van der Waals surface area contributed by atoms with Gasteiger partial charge in [0.15, 0.2) is 0 Å². The molecule has 23 heavy (non-hydrogen) atoms. The van der Waals surface area contributed by atoms with E-state index >= 15 is 0 Å². The van der Waals surface area contributed by atoms with E-state index in [0.29, 0.717) is 15.5 Å². The molecule has 0 amide bonds. The fourth-order valence-electron chi connectivity index (χ4n) is 2.37. The Morgan fingerprint density at radius 3 is 2.43 bits per heavy atom. The van der Waals surface area contributed by atoms with Gasteiger partial charge in [-0.25, -0.2) is 12.6 Å². The molecule has 120 valence electrons. The summed E-state index contributed by atoms with van der Waals surface area (Å²) < 4.78 is 41.6. The van der Waals surface area contributed by atoms with Crippen molar-refractivity contribution in [3.63, 3.8) is 0 Å². The van der Waals surface area contributed by atoms with E-state index < -0.39 is 20.8 Å². The number of anilines is 1. The van der Waals surface area contributed by atoms with Gasteiger partial charge in [-0.05, 0) is 35.3 Å². The number of nitrogens with zero attached hydrogens (tertiary/aromatic N) is 1. The van der Waals surface area contributed by atoms with Gasteiger partial charge in [0.1, 0.15) is 0 Å². The highest BCUT2D eigenvalue weighted by Gasteiger charge is 2.34. The largest absolute Gasteiger partial charge is 0.264 e. The molecule has 2 aromatic rings. The number of fused-ring (bicyclic) bond motifs is 1. The average Bonchev–Trinajstić information content (AvgIpc) is 2.55. The summed E-state index contributed by atoms with van der Waals surface area (Å²) in [6, 6.07) is 13.7. The summed E-state index contributed by atoms with van der Waals surface area (Å²) in [7, 11) is -5.02. The van der Waals surface area contributed by atoms with Crippen molar-refractivity contribution in [3.05, 3.63) is 63.1 Å². The number of benzene rings is 2. The Labute approximate surface area is 151 Å². The number of halogens is 1. The number of hydrogen-bond donors (Lipinski definition) is 0. The van der Waals surface area contributed by atoms with Gasteiger partial charge in [0.2, 0.25) is 0 Å². The van der Waals surface area contributed by atoms with Gasteiger partial charge in [0.05, 0.1) is 32.8 Å². The molecule has 0 bridgehead atoms. The standard InChI is InChI=1S/C16H14INO3S2/c1-12-6-8-14(9-7-12)23(20,21)18-11-13(10-17)22(19)16-5-3-2-4-15(16)18/h2-10H,11H2,1H3/b13-10+/t22-/m0/s1. The molecule has 1 aliphatic rings. The Balaban J connectivity index is 2.17. The first-order chi connectivity index (χ1) is 10.9. The lowest BCUT2D eigenvalue weighted by molar-refractivity contribution is 0.592. The molecule has 3 rings (SSSR count). The summed E-state index contributed by atoms with van der Waals surface area (Å²) in [4.78, 5) is 1.34. The molecule has 0 unspecified atom stereocenters. The summed E-state index contributed by atoms with van der Waals surface area (Å²) in [5, 5.41) is 0. The van der Waals surface area contributed by atoms with Crippen molar-refractivity contribution in [2.24, 2.45) is 0 Å². The predicted octanol–water partition coefficient (Wildman–Crippen LogP) is 3.59. The minimum absolute atomic E-state index is 0.1000. The summed E-state index contributed by atoms with van der Waals surface area (Å²) in [5.74, 6) is 0. The van der Waals surface area contributed by atoms with Gasteiger partial charge >= 0.3 is 0 Å². The van der Waals surface area contributed by atoms with Crippen molar-refractivity contribution in [2.75, 3.05) is 10.8 Å². The third kappa shape index (κ3) is 2.97. The summed E-state index contributed by atoms with van der Waals surface area (Å²) in [5.41, 5.74) is 1.48. The van der Waals surface area contributed by atoms with Gasteiger partial charge in [-0.3, -0.25) is 4.31 Å². The molecule has 0 saturated heterocycles. The van der Waals surface area contributed by atoms with Crippen LogP contribution in [0.15, 0.2) is 67.3 Å². The van der Waals surface area contributed by atoms with Crippen LogP contribution in [0.3, 0.4) is 0 Å². The fraction of sp³-hybridized carbons (Fsp3) is 0.125. The minimum Gasteiger partial charge on any atom is -0.260 e. The van der Waals surface area contributed by atoms with Crippen molar-refractivity contribution in [3.8, 4) is 0 Å². The van der Waals surface area contributed by atoms with E-state index in [1.54, 1.807) is 52.6 Å². The molecule has 1 atom stereocenters. The van der Waals surface area contributed by atoms with Gasteiger partial charge < -0.3 is 0 Å². The second-order valence-electron chi connectivity index (χ2n) is 5.14. The maximum absolute atomic E-state index is 13.0. The lowest BCUT2D eigenvalue weighted by Gasteiger charge is -2.31. The van der Waals surface area contributed by atoms with Gasteiger partial charge in [-0.1, -0.05) is 52.4 Å². The van der Waals surface area contributed by atoms with E-state index in [1.807, 2.05) is 29.5 Å². The molecule has 0 saturated carbocycles. The van der Waals surface area contributed by atoms with Crippen LogP contribution in [0.1, 0.15) is 5.56 Å². The van der Waals surface area contributed by atoms with Crippen molar-refractivity contribution in [1.82, 2.24) is 0 Å². The lowest BCUT2D eigenvalue weighted by Crippen LogP contribution is -2.37.